The second kappa shape index (κ2) is 9.31. The fraction of sp³-hybridized carbons (Fsp3) is 0.619. The molecule has 196 valence electrons. The molecule has 0 unspecified atom stereocenters. The molecule has 5 rings (SSSR count). The Morgan fingerprint density at radius 3 is 2.39 bits per heavy atom. The monoisotopic (exact) mass is 550 g/mol. The average Bonchev–Trinajstić information content (AvgIpc) is 3.04. The number of halogens is 5. The third-order valence-corrected chi connectivity index (χ3v) is 8.94. The molecule has 8 nitrogen and oxygen atoms in total. The molecule has 1 atom stereocenters. The van der Waals surface area contributed by atoms with E-state index in [-0.39, 0.29) is 51.5 Å². The van der Waals surface area contributed by atoms with Crippen LogP contribution in [0.25, 0.3) is 0 Å². The van der Waals surface area contributed by atoms with E-state index in [1.165, 1.54) is 0 Å². The fourth-order valence-electron chi connectivity index (χ4n) is 4.67. The summed E-state index contributed by atoms with van der Waals surface area (Å²) in [6.07, 6.45) is 4.86. The highest BCUT2D eigenvalue weighted by atomic mass is 32.2. The van der Waals surface area contributed by atoms with Gasteiger partial charge in [-0.3, -0.25) is 0 Å². The first-order chi connectivity index (χ1) is 17.0. The average molecular weight is 551 g/mol. The van der Waals surface area contributed by atoms with Gasteiger partial charge in [0.25, 0.3) is 0 Å². The number of fused-ring (bicyclic) bond motifs is 1. The second-order valence-corrected chi connectivity index (χ2v) is 11.9. The van der Waals surface area contributed by atoms with Crippen LogP contribution in [0.3, 0.4) is 0 Å². The van der Waals surface area contributed by atoms with Gasteiger partial charge >= 0.3 is 10.8 Å². The number of aromatic nitrogens is 4. The van der Waals surface area contributed by atoms with Gasteiger partial charge in [-0.2, -0.15) is 26.9 Å². The number of aliphatic hydroxyl groups is 1. The molecule has 1 aliphatic carbocycles. The van der Waals surface area contributed by atoms with Gasteiger partial charge in [0, 0.05) is 31.4 Å². The standard InChI is InChI=1S/C21H23F5N6O2S2/c22-20(23)8-14-15(36(20)34)17(31-19(11-33)4-1-5-19)30-18(29-14)32-6-2-12(3-7-32)16-27-9-13(10-28-16)35-21(24,25)26/h9-10,12,33H,1-8,11H2,(H,29,30,31)/t36-/m0/s1. The molecule has 36 heavy (non-hydrogen) atoms. The minimum atomic E-state index is -4.41. The molecule has 2 fully saturated rings. The van der Waals surface area contributed by atoms with Gasteiger partial charge in [0.1, 0.15) is 27.3 Å². The molecule has 0 bridgehead atoms. The summed E-state index contributed by atoms with van der Waals surface area (Å²) in [7, 11) is -2.60. The maximum Gasteiger partial charge on any atom is 0.446 e. The third kappa shape index (κ3) is 5.01. The summed E-state index contributed by atoms with van der Waals surface area (Å²) < 4.78 is 78.7. The zero-order valence-corrected chi connectivity index (χ0v) is 20.5. The normalized spacial score (nSPS) is 23.3. The van der Waals surface area contributed by atoms with Crippen LogP contribution in [-0.4, -0.2) is 65.2 Å². The van der Waals surface area contributed by atoms with Gasteiger partial charge in [0.2, 0.25) is 5.95 Å². The molecule has 0 spiro atoms. The smallest absolute Gasteiger partial charge is 0.394 e. The van der Waals surface area contributed by atoms with E-state index in [9.17, 15) is 31.3 Å². The van der Waals surface area contributed by atoms with Crippen molar-refractivity contribution in [3.05, 3.63) is 23.9 Å². The highest BCUT2D eigenvalue weighted by molar-refractivity contribution is 8.00. The Morgan fingerprint density at radius 1 is 1.17 bits per heavy atom. The van der Waals surface area contributed by atoms with Gasteiger partial charge in [0.15, 0.2) is 0 Å². The molecule has 2 aliphatic heterocycles. The predicted octanol–water partition coefficient (Wildman–Crippen LogP) is 3.85. The van der Waals surface area contributed by atoms with Crippen LogP contribution in [0.4, 0.5) is 33.7 Å². The molecule has 1 saturated carbocycles. The number of nitrogens with zero attached hydrogens (tertiary/aromatic N) is 5. The maximum atomic E-state index is 14.3. The van der Waals surface area contributed by atoms with Crippen molar-refractivity contribution in [3.8, 4) is 0 Å². The fourth-order valence-corrected chi connectivity index (χ4v) is 6.32. The van der Waals surface area contributed by atoms with Gasteiger partial charge in [-0.05, 0) is 43.9 Å². The van der Waals surface area contributed by atoms with Gasteiger partial charge in [-0.1, -0.05) is 0 Å². The van der Waals surface area contributed by atoms with Crippen LogP contribution < -0.4 is 10.2 Å². The summed E-state index contributed by atoms with van der Waals surface area (Å²) >= 11 is -0.271. The topological polar surface area (TPSA) is 104 Å². The first-order valence-corrected chi connectivity index (χ1v) is 13.4. The number of rotatable bonds is 6. The SMILES string of the molecule is O=[S@]1c2c(nc(N3CCC(c4ncc(SC(F)(F)F)cn4)CC3)nc2NC2(CO)CCC2)CC1(F)F. The first-order valence-electron chi connectivity index (χ1n) is 11.4. The summed E-state index contributed by atoms with van der Waals surface area (Å²) in [4.78, 5) is 18.6. The second-order valence-electron chi connectivity index (χ2n) is 9.23. The molecular formula is C21H23F5N6O2S2. The Hall–Kier alpha value is -2.13. The quantitative estimate of drug-likeness (QED) is 0.410. The zero-order valence-electron chi connectivity index (χ0n) is 18.9. The van der Waals surface area contributed by atoms with Crippen LogP contribution in [0.1, 0.15) is 49.5 Å². The van der Waals surface area contributed by atoms with E-state index in [0.29, 0.717) is 44.6 Å². The van der Waals surface area contributed by atoms with Gasteiger partial charge in [-0.15, -0.1) is 0 Å². The van der Waals surface area contributed by atoms with Crippen LogP contribution in [0.2, 0.25) is 0 Å². The Balaban J connectivity index is 1.33. The molecule has 2 aromatic heterocycles. The molecule has 3 aliphatic rings. The van der Waals surface area contributed by atoms with Gasteiger partial charge in [0.05, 0.1) is 29.2 Å². The number of anilines is 2. The van der Waals surface area contributed by atoms with E-state index >= 15 is 0 Å². The molecule has 2 aromatic rings. The van der Waals surface area contributed by atoms with Crippen molar-refractivity contribution < 1.29 is 31.3 Å². The number of aliphatic hydroxyl groups excluding tert-OH is 1. The van der Waals surface area contributed by atoms with Gasteiger partial charge < -0.3 is 15.3 Å². The van der Waals surface area contributed by atoms with E-state index < -0.39 is 33.5 Å². The molecular weight excluding hydrogens is 527 g/mol. The largest absolute Gasteiger partial charge is 0.446 e. The lowest BCUT2D eigenvalue weighted by Crippen LogP contribution is -2.49. The summed E-state index contributed by atoms with van der Waals surface area (Å²) in [5, 5.41) is 9.48. The zero-order chi connectivity index (χ0) is 25.7. The molecule has 0 amide bonds. The summed E-state index contributed by atoms with van der Waals surface area (Å²) in [5.74, 6) is 0.670. The Bertz CT molecular complexity index is 1150. The molecule has 0 aromatic carbocycles. The predicted molar refractivity (Wildman–Crippen MR) is 123 cm³/mol. The molecule has 15 heteroatoms. The lowest BCUT2D eigenvalue weighted by Gasteiger charge is -2.41. The Labute approximate surface area is 210 Å². The van der Waals surface area contributed by atoms with Crippen LogP contribution in [0, 0.1) is 0 Å². The van der Waals surface area contributed by atoms with Crippen LogP contribution in [-0.2, 0) is 17.2 Å². The maximum absolute atomic E-state index is 14.3. The third-order valence-electron chi connectivity index (χ3n) is 6.78. The van der Waals surface area contributed by atoms with E-state index in [2.05, 4.69) is 25.3 Å². The highest BCUT2D eigenvalue weighted by Gasteiger charge is 2.50. The minimum absolute atomic E-state index is 0.0291. The van der Waals surface area contributed by atoms with Crippen molar-refractivity contribution in [2.45, 2.75) is 70.5 Å². The number of hydrogen-bond acceptors (Lipinski definition) is 9. The number of thioether (sulfide) groups is 1. The van der Waals surface area contributed by atoms with E-state index in [4.69, 9.17) is 0 Å². The molecule has 2 N–H and O–H groups in total. The number of piperidine rings is 1. The van der Waals surface area contributed by atoms with E-state index in [1.807, 2.05) is 4.90 Å². The van der Waals surface area contributed by atoms with Crippen LogP contribution >= 0.6 is 11.8 Å². The Morgan fingerprint density at radius 2 is 1.83 bits per heavy atom. The Kier molecular flexibility index (Phi) is 6.60. The highest BCUT2D eigenvalue weighted by Crippen LogP contribution is 2.44. The molecule has 0 radical (unpaired) electrons. The van der Waals surface area contributed by atoms with E-state index in [1.54, 1.807) is 0 Å². The number of hydrogen-bond donors (Lipinski definition) is 2. The first kappa shape index (κ1) is 25.5. The van der Waals surface area contributed by atoms with Crippen molar-refractivity contribution in [1.82, 2.24) is 19.9 Å². The summed E-state index contributed by atoms with van der Waals surface area (Å²) in [5.41, 5.74) is -5.06. The van der Waals surface area contributed by atoms with Crippen molar-refractivity contribution in [3.63, 3.8) is 0 Å². The lowest BCUT2D eigenvalue weighted by molar-refractivity contribution is -0.0328. The van der Waals surface area contributed by atoms with E-state index in [0.717, 1.165) is 18.8 Å². The number of alkyl halides is 5. The van der Waals surface area contributed by atoms with Crippen molar-refractivity contribution in [1.29, 1.82) is 0 Å². The molecule has 4 heterocycles. The molecule has 1 saturated heterocycles. The minimum Gasteiger partial charge on any atom is -0.394 e. The number of nitrogens with one attached hydrogen (secondary N) is 1. The lowest BCUT2D eigenvalue weighted by atomic mass is 9.77. The van der Waals surface area contributed by atoms with Gasteiger partial charge in [-0.25, -0.2) is 19.2 Å². The van der Waals surface area contributed by atoms with Crippen LogP contribution in [0.15, 0.2) is 22.2 Å². The van der Waals surface area contributed by atoms with Crippen molar-refractivity contribution in [2.24, 2.45) is 0 Å². The van der Waals surface area contributed by atoms with Crippen molar-refractivity contribution in [2.75, 3.05) is 29.9 Å². The van der Waals surface area contributed by atoms with Crippen LogP contribution in [0.5, 0.6) is 0 Å². The summed E-state index contributed by atoms with van der Waals surface area (Å²) in [6.45, 7) is 0.710. The van der Waals surface area contributed by atoms with Crippen molar-refractivity contribution >= 4 is 34.3 Å². The summed E-state index contributed by atoms with van der Waals surface area (Å²) in [6, 6.07) is 0.